The Bertz CT molecular complexity index is 774. The molecule has 0 saturated carbocycles. The molecule has 0 amide bonds. The first-order valence-electron chi connectivity index (χ1n) is 8.45. The number of fused-ring (bicyclic) bond motifs is 1. The Kier molecular flexibility index (Phi) is 5.44. The van der Waals surface area contributed by atoms with Gasteiger partial charge in [0.2, 0.25) is 0 Å². The number of carbonyl (C=O) groups excluding carboxylic acids is 1. The van der Waals surface area contributed by atoms with E-state index in [0.29, 0.717) is 18.9 Å². The van der Waals surface area contributed by atoms with Crippen molar-refractivity contribution < 1.29 is 4.79 Å². The summed E-state index contributed by atoms with van der Waals surface area (Å²) in [5.74, 6) is 0.700. The van der Waals surface area contributed by atoms with E-state index < -0.39 is 0 Å². The summed E-state index contributed by atoms with van der Waals surface area (Å²) >= 11 is 1.59. The van der Waals surface area contributed by atoms with Crippen molar-refractivity contribution in [2.45, 2.75) is 26.3 Å². The predicted molar refractivity (Wildman–Crippen MR) is 103 cm³/mol. The summed E-state index contributed by atoms with van der Waals surface area (Å²) in [5, 5.41) is 4.71. The molecule has 2 nitrogen and oxygen atoms in total. The zero-order valence-electron chi connectivity index (χ0n) is 14.2. The molecule has 0 radical (unpaired) electrons. The van der Waals surface area contributed by atoms with Crippen molar-refractivity contribution in [3.05, 3.63) is 71.1 Å². The van der Waals surface area contributed by atoms with Gasteiger partial charge in [-0.25, -0.2) is 0 Å². The molecule has 0 aliphatic carbocycles. The van der Waals surface area contributed by atoms with Crippen LogP contribution in [-0.4, -0.2) is 12.3 Å². The van der Waals surface area contributed by atoms with E-state index in [2.05, 4.69) is 55.6 Å². The summed E-state index contributed by atoms with van der Waals surface area (Å²) in [7, 11) is 0. The summed E-state index contributed by atoms with van der Waals surface area (Å²) in [6.07, 6.45) is 0.531. The summed E-state index contributed by atoms with van der Waals surface area (Å²) in [4.78, 5) is 13.3. The van der Waals surface area contributed by atoms with Crippen LogP contribution in [0.2, 0.25) is 0 Å². The van der Waals surface area contributed by atoms with Crippen LogP contribution in [0.3, 0.4) is 0 Å². The van der Waals surface area contributed by atoms with Crippen molar-refractivity contribution in [1.29, 1.82) is 0 Å². The minimum Gasteiger partial charge on any atom is -0.309 e. The van der Waals surface area contributed by atoms with Gasteiger partial charge in [-0.1, -0.05) is 62.4 Å². The van der Waals surface area contributed by atoms with E-state index in [1.54, 1.807) is 11.3 Å². The first-order chi connectivity index (χ1) is 11.6. The summed E-state index contributed by atoms with van der Waals surface area (Å²) < 4.78 is 1.18. The third-order valence-electron chi connectivity index (χ3n) is 4.24. The fourth-order valence-corrected chi connectivity index (χ4v) is 4.01. The van der Waals surface area contributed by atoms with Gasteiger partial charge >= 0.3 is 0 Å². The maximum Gasteiger partial charge on any atom is 0.174 e. The van der Waals surface area contributed by atoms with Gasteiger partial charge in [-0.2, -0.15) is 0 Å². The number of nitrogens with one attached hydrogen (secondary N) is 1. The Labute approximate surface area is 147 Å². The van der Waals surface area contributed by atoms with Crippen LogP contribution in [-0.2, 0) is 0 Å². The highest BCUT2D eigenvalue weighted by atomic mass is 32.1. The Morgan fingerprint density at radius 2 is 1.75 bits per heavy atom. The van der Waals surface area contributed by atoms with E-state index in [1.165, 1.54) is 10.3 Å². The highest BCUT2D eigenvalue weighted by Gasteiger charge is 2.16. The van der Waals surface area contributed by atoms with Crippen molar-refractivity contribution in [1.82, 2.24) is 5.32 Å². The molecule has 0 saturated heterocycles. The highest BCUT2D eigenvalue weighted by Crippen LogP contribution is 2.26. The number of hydrogen-bond acceptors (Lipinski definition) is 3. The SMILES string of the molecule is CC(C)C(NCCC(=O)c1cc2ccccc2s1)c1ccccc1. The van der Waals surface area contributed by atoms with Gasteiger partial charge in [0.1, 0.15) is 0 Å². The third kappa shape index (κ3) is 3.92. The standard InChI is InChI=1S/C21H23NOS/c1-15(2)21(16-8-4-3-5-9-16)22-13-12-18(23)20-14-17-10-6-7-11-19(17)24-20/h3-11,14-15,21-22H,12-13H2,1-2H3. The van der Waals surface area contributed by atoms with Gasteiger partial charge in [0.15, 0.2) is 5.78 Å². The lowest BCUT2D eigenvalue weighted by molar-refractivity contribution is 0.0984. The fourth-order valence-electron chi connectivity index (χ4n) is 2.98. The largest absolute Gasteiger partial charge is 0.309 e. The maximum absolute atomic E-state index is 12.5. The Morgan fingerprint density at radius 3 is 2.46 bits per heavy atom. The van der Waals surface area contributed by atoms with Crippen LogP contribution in [0.15, 0.2) is 60.7 Å². The van der Waals surface area contributed by atoms with Crippen molar-refractivity contribution in [3.63, 3.8) is 0 Å². The summed E-state index contributed by atoms with van der Waals surface area (Å²) in [5.41, 5.74) is 1.28. The van der Waals surface area contributed by atoms with E-state index in [4.69, 9.17) is 0 Å². The number of ketones is 1. The molecule has 0 aliphatic heterocycles. The minimum atomic E-state index is 0.222. The van der Waals surface area contributed by atoms with E-state index in [9.17, 15) is 4.79 Å². The van der Waals surface area contributed by atoms with Gasteiger partial charge in [0.25, 0.3) is 0 Å². The zero-order valence-corrected chi connectivity index (χ0v) is 15.0. The normalized spacial score (nSPS) is 12.6. The van der Waals surface area contributed by atoms with Gasteiger partial charge in [-0.15, -0.1) is 11.3 Å². The molecule has 1 N–H and O–H groups in total. The molecule has 124 valence electrons. The molecule has 3 rings (SSSR count). The van der Waals surface area contributed by atoms with Gasteiger partial charge in [0, 0.05) is 23.7 Å². The minimum absolute atomic E-state index is 0.222. The zero-order chi connectivity index (χ0) is 16.9. The third-order valence-corrected chi connectivity index (χ3v) is 5.40. The van der Waals surface area contributed by atoms with Gasteiger partial charge in [0.05, 0.1) is 4.88 Å². The van der Waals surface area contributed by atoms with Crippen molar-refractivity contribution >= 4 is 27.2 Å². The molecule has 1 heterocycles. The van der Waals surface area contributed by atoms with Crippen molar-refractivity contribution in [2.75, 3.05) is 6.54 Å². The lowest BCUT2D eigenvalue weighted by atomic mass is 9.96. The first-order valence-corrected chi connectivity index (χ1v) is 9.27. The average Bonchev–Trinajstić information content (AvgIpc) is 3.03. The molecule has 1 aromatic heterocycles. The second-order valence-corrected chi connectivity index (χ2v) is 7.49. The van der Waals surface area contributed by atoms with Crippen LogP contribution in [0.4, 0.5) is 0 Å². The topological polar surface area (TPSA) is 29.1 Å². The summed E-state index contributed by atoms with van der Waals surface area (Å²) in [6, 6.07) is 20.9. The number of hydrogen-bond donors (Lipinski definition) is 1. The molecule has 3 heteroatoms. The lowest BCUT2D eigenvalue weighted by Crippen LogP contribution is -2.27. The fraction of sp³-hybridized carbons (Fsp3) is 0.286. The molecular weight excluding hydrogens is 314 g/mol. The van der Waals surface area contributed by atoms with Gasteiger partial charge in [-0.05, 0) is 29.0 Å². The number of benzene rings is 2. The second kappa shape index (κ2) is 7.73. The monoisotopic (exact) mass is 337 g/mol. The molecule has 0 bridgehead atoms. The van der Waals surface area contributed by atoms with Crippen molar-refractivity contribution in [3.8, 4) is 0 Å². The number of thiophene rings is 1. The second-order valence-electron chi connectivity index (χ2n) is 6.41. The van der Waals surface area contributed by atoms with Crippen LogP contribution < -0.4 is 5.32 Å². The number of carbonyl (C=O) groups is 1. The van der Waals surface area contributed by atoms with Crippen LogP contribution in [0.25, 0.3) is 10.1 Å². The molecule has 24 heavy (non-hydrogen) atoms. The van der Waals surface area contributed by atoms with Gasteiger partial charge in [-0.3, -0.25) is 4.79 Å². The van der Waals surface area contributed by atoms with E-state index in [-0.39, 0.29) is 11.8 Å². The molecule has 2 aromatic carbocycles. The Morgan fingerprint density at radius 1 is 1.04 bits per heavy atom. The highest BCUT2D eigenvalue weighted by molar-refractivity contribution is 7.20. The van der Waals surface area contributed by atoms with Crippen LogP contribution in [0, 0.1) is 5.92 Å². The molecular formula is C21H23NOS. The number of Topliss-reactive ketones (excluding diaryl/α,β-unsaturated/α-hetero) is 1. The van der Waals surface area contributed by atoms with E-state index in [1.807, 2.05) is 24.3 Å². The Balaban J connectivity index is 1.61. The smallest absolute Gasteiger partial charge is 0.174 e. The summed E-state index contributed by atoms with van der Waals surface area (Å²) in [6.45, 7) is 5.11. The van der Waals surface area contributed by atoms with Crippen LogP contribution >= 0.6 is 11.3 Å². The van der Waals surface area contributed by atoms with E-state index >= 15 is 0 Å². The molecule has 0 aliphatic rings. The quantitative estimate of drug-likeness (QED) is 0.580. The van der Waals surface area contributed by atoms with Crippen LogP contribution in [0.1, 0.15) is 41.5 Å². The molecule has 1 unspecified atom stereocenters. The number of rotatable bonds is 7. The van der Waals surface area contributed by atoms with E-state index in [0.717, 1.165) is 10.3 Å². The Hall–Kier alpha value is -1.97. The molecule has 0 fully saturated rings. The van der Waals surface area contributed by atoms with Crippen LogP contribution in [0.5, 0.6) is 0 Å². The lowest BCUT2D eigenvalue weighted by Gasteiger charge is -2.22. The predicted octanol–water partition coefficient (Wildman–Crippen LogP) is 5.46. The maximum atomic E-state index is 12.5. The molecule has 0 spiro atoms. The first kappa shape index (κ1) is 16.9. The van der Waals surface area contributed by atoms with Gasteiger partial charge < -0.3 is 5.32 Å². The molecule has 1 atom stereocenters. The average molecular weight is 337 g/mol. The van der Waals surface area contributed by atoms with Crippen molar-refractivity contribution in [2.24, 2.45) is 5.92 Å². The molecule has 3 aromatic rings.